The molecule has 0 aliphatic carbocycles. The van der Waals surface area contributed by atoms with E-state index in [0.717, 1.165) is 16.9 Å². The average molecular weight is 445 g/mol. The van der Waals surface area contributed by atoms with E-state index in [4.69, 9.17) is 10.5 Å². The number of methoxy groups -OCH3 is 1. The molecule has 1 aromatic heterocycles. The van der Waals surface area contributed by atoms with Gasteiger partial charge in [-0.15, -0.1) is 0 Å². The first-order valence-electron chi connectivity index (χ1n) is 9.05. The summed E-state index contributed by atoms with van der Waals surface area (Å²) in [5.41, 5.74) is 6.62. The quantitative estimate of drug-likeness (QED) is 0.271. The summed E-state index contributed by atoms with van der Waals surface area (Å²) in [5, 5.41) is 21.1. The molecule has 4 N–H and O–H groups in total. The molecule has 162 valence electrons. The number of nitrogens with one attached hydrogen (secondary N) is 1. The highest BCUT2D eigenvalue weighted by Gasteiger charge is 2.22. The number of aromatic nitrogens is 1. The Balaban J connectivity index is 1.73. The molecule has 0 amide bonds. The molecule has 0 saturated carbocycles. The summed E-state index contributed by atoms with van der Waals surface area (Å²) in [6.45, 7) is 0. The van der Waals surface area contributed by atoms with E-state index in [9.17, 15) is 24.8 Å². The van der Waals surface area contributed by atoms with Crippen molar-refractivity contribution in [3.05, 3.63) is 78.3 Å². The van der Waals surface area contributed by atoms with Gasteiger partial charge in [0.1, 0.15) is 17.5 Å². The lowest BCUT2D eigenvalue weighted by Crippen LogP contribution is -2.33. The van der Waals surface area contributed by atoms with Crippen molar-refractivity contribution >= 4 is 23.0 Å². The maximum absolute atomic E-state index is 11.5. The summed E-state index contributed by atoms with van der Waals surface area (Å²) < 4.78 is 10.3. The van der Waals surface area contributed by atoms with Crippen LogP contribution in [0.5, 0.6) is 17.4 Å². The molecule has 3 rings (SSSR count). The van der Waals surface area contributed by atoms with Crippen molar-refractivity contribution in [2.24, 2.45) is 5.73 Å². The number of aromatic amines is 1. The number of nitro groups is 1. The number of carbonyl (C=O) groups excluding carboxylic acids is 1. The fourth-order valence-corrected chi connectivity index (χ4v) is 3.65. The Morgan fingerprint density at radius 1 is 1.26 bits per heavy atom. The molecule has 0 spiro atoms. The largest absolute Gasteiger partial charge is 0.494 e. The number of nitro benzene ring substituents is 1. The highest BCUT2D eigenvalue weighted by molar-refractivity contribution is 7.09. The van der Waals surface area contributed by atoms with E-state index in [1.165, 1.54) is 19.2 Å². The average Bonchev–Trinajstić information content (AvgIpc) is 3.06. The first-order chi connectivity index (χ1) is 14.8. The monoisotopic (exact) mass is 445 g/mol. The second kappa shape index (κ2) is 9.41. The lowest BCUT2D eigenvalue weighted by Gasteiger charge is -2.11. The third kappa shape index (κ3) is 5.47. The lowest BCUT2D eigenvalue weighted by molar-refractivity contribution is -0.385. The first kappa shape index (κ1) is 22.0. The van der Waals surface area contributed by atoms with Gasteiger partial charge in [0, 0.05) is 18.4 Å². The van der Waals surface area contributed by atoms with Gasteiger partial charge in [-0.2, -0.15) is 0 Å². The van der Waals surface area contributed by atoms with Gasteiger partial charge in [-0.05, 0) is 29.8 Å². The molecule has 2 aromatic carbocycles. The number of carbonyl (C=O) groups is 1. The lowest BCUT2D eigenvalue weighted by atomic mass is 10.0. The van der Waals surface area contributed by atoms with Gasteiger partial charge in [-0.25, -0.2) is 0 Å². The molecule has 0 saturated heterocycles. The smallest absolute Gasteiger partial charge is 0.322 e. The van der Waals surface area contributed by atoms with Crippen LogP contribution in [0.15, 0.2) is 47.3 Å². The van der Waals surface area contributed by atoms with Crippen molar-refractivity contribution in [2.45, 2.75) is 18.9 Å². The van der Waals surface area contributed by atoms with Crippen LogP contribution in [0.2, 0.25) is 0 Å². The van der Waals surface area contributed by atoms with Crippen molar-refractivity contribution in [2.75, 3.05) is 7.11 Å². The summed E-state index contributed by atoms with van der Waals surface area (Å²) >= 11 is 0.935. The van der Waals surface area contributed by atoms with Gasteiger partial charge in [0.2, 0.25) is 5.88 Å². The van der Waals surface area contributed by atoms with E-state index in [0.29, 0.717) is 17.0 Å². The van der Waals surface area contributed by atoms with Crippen LogP contribution in [0.4, 0.5) is 5.69 Å². The second-order valence-corrected chi connectivity index (χ2v) is 7.66. The maximum atomic E-state index is 11.5. The molecule has 3 aromatic rings. The minimum absolute atomic E-state index is 0.0456. The summed E-state index contributed by atoms with van der Waals surface area (Å²) in [4.78, 5) is 36.2. The zero-order valence-corrected chi connectivity index (χ0v) is 17.2. The van der Waals surface area contributed by atoms with Crippen molar-refractivity contribution in [3.8, 4) is 17.4 Å². The Morgan fingerprint density at radius 3 is 2.52 bits per heavy atom. The number of hydrogen-bond acceptors (Lipinski definition) is 9. The molecule has 1 unspecified atom stereocenters. The van der Waals surface area contributed by atoms with Gasteiger partial charge in [-0.3, -0.25) is 24.7 Å². The minimum Gasteiger partial charge on any atom is -0.494 e. The van der Waals surface area contributed by atoms with E-state index < -0.39 is 16.9 Å². The molecule has 31 heavy (non-hydrogen) atoms. The number of hydrogen-bond donors (Lipinski definition) is 3. The van der Waals surface area contributed by atoms with Gasteiger partial charge in [0.05, 0.1) is 23.0 Å². The van der Waals surface area contributed by atoms with Gasteiger partial charge >= 0.3 is 10.8 Å². The molecule has 0 fully saturated rings. The van der Waals surface area contributed by atoms with Crippen molar-refractivity contribution in [3.63, 3.8) is 0 Å². The van der Waals surface area contributed by atoms with Crippen molar-refractivity contribution < 1.29 is 24.3 Å². The number of thiazole rings is 1. The van der Waals surface area contributed by atoms with Crippen molar-refractivity contribution in [1.29, 1.82) is 0 Å². The molecule has 11 heteroatoms. The molecule has 0 radical (unpaired) electrons. The number of ether oxygens (including phenoxy) is 2. The number of benzene rings is 2. The summed E-state index contributed by atoms with van der Waals surface area (Å²) in [6.07, 6.45) is 0.326. The van der Waals surface area contributed by atoms with E-state index in [2.05, 4.69) is 9.72 Å². The third-order valence-corrected chi connectivity index (χ3v) is 5.29. The van der Waals surface area contributed by atoms with Crippen LogP contribution in [0.1, 0.15) is 16.0 Å². The van der Waals surface area contributed by atoms with E-state index in [-0.39, 0.29) is 34.2 Å². The maximum Gasteiger partial charge on any atom is 0.322 e. The Morgan fingerprint density at radius 2 is 1.94 bits per heavy atom. The number of aromatic hydroxyl groups is 1. The molecular weight excluding hydrogens is 426 g/mol. The fraction of sp³-hybridized carbons (Fsp3) is 0.200. The second-order valence-electron chi connectivity index (χ2n) is 6.59. The van der Waals surface area contributed by atoms with Crippen LogP contribution in [0.3, 0.4) is 0 Å². The van der Waals surface area contributed by atoms with Crippen LogP contribution in [0.25, 0.3) is 0 Å². The van der Waals surface area contributed by atoms with Crippen LogP contribution >= 0.6 is 11.3 Å². The Bertz CT molecular complexity index is 1150. The Kier molecular flexibility index (Phi) is 6.68. The van der Waals surface area contributed by atoms with Crippen LogP contribution < -0.4 is 15.3 Å². The Hall–Kier alpha value is -3.70. The number of esters is 1. The first-order valence-corrected chi connectivity index (χ1v) is 9.87. The highest BCUT2D eigenvalue weighted by atomic mass is 32.1. The molecule has 0 aliphatic rings. The number of nitrogens with zero attached hydrogens (tertiary/aromatic N) is 1. The van der Waals surface area contributed by atoms with E-state index >= 15 is 0 Å². The van der Waals surface area contributed by atoms with Crippen LogP contribution in [-0.4, -0.2) is 34.1 Å². The predicted octanol–water partition coefficient (Wildman–Crippen LogP) is 2.48. The zero-order chi connectivity index (χ0) is 22.5. The summed E-state index contributed by atoms with van der Waals surface area (Å²) in [7, 11) is 1.20. The Labute approximate surface area is 180 Å². The molecule has 1 atom stereocenters. The topological polar surface area (TPSA) is 158 Å². The van der Waals surface area contributed by atoms with Gasteiger partial charge in [0.15, 0.2) is 0 Å². The van der Waals surface area contributed by atoms with Crippen molar-refractivity contribution in [1.82, 2.24) is 4.98 Å². The van der Waals surface area contributed by atoms with Gasteiger partial charge in [0.25, 0.3) is 5.69 Å². The molecular formula is C20H19N3O7S. The highest BCUT2D eigenvalue weighted by Crippen LogP contribution is 2.30. The number of nitrogens with two attached hydrogens (primary N) is 1. The molecule has 0 bridgehead atoms. The normalized spacial score (nSPS) is 11.7. The SMILES string of the molecule is COC(=O)C(N)Cc1ccc(Oc2ccc(Cc3sc(=O)[nH]c3O)cc2)cc1[N+](=O)[O-]. The standard InChI is InChI=1S/C20H19N3O7S/c1-29-19(25)15(21)9-12-4-7-14(10-16(12)23(27)28)30-13-5-2-11(3-6-13)8-17-18(24)22-20(26)31-17/h2-7,10,15,24H,8-9,21H2,1H3,(H,22,26). The van der Waals surface area contributed by atoms with Crippen LogP contribution in [-0.2, 0) is 22.4 Å². The van der Waals surface area contributed by atoms with Gasteiger partial charge < -0.3 is 20.3 Å². The summed E-state index contributed by atoms with van der Waals surface area (Å²) in [5.74, 6) is -0.107. The molecule has 10 nitrogen and oxygen atoms in total. The number of rotatable bonds is 8. The zero-order valence-electron chi connectivity index (χ0n) is 16.4. The molecule has 1 heterocycles. The fourth-order valence-electron chi connectivity index (χ4n) is 2.89. The van der Waals surface area contributed by atoms with E-state index in [1.54, 1.807) is 30.3 Å². The predicted molar refractivity (Wildman–Crippen MR) is 113 cm³/mol. The summed E-state index contributed by atoms with van der Waals surface area (Å²) in [6, 6.07) is 10.2. The third-order valence-electron chi connectivity index (χ3n) is 4.42. The van der Waals surface area contributed by atoms with Crippen LogP contribution in [0, 0.1) is 10.1 Å². The van der Waals surface area contributed by atoms with Gasteiger partial charge in [-0.1, -0.05) is 23.5 Å². The molecule has 0 aliphatic heterocycles. The minimum atomic E-state index is -1.01. The number of H-pyrrole nitrogens is 1. The van der Waals surface area contributed by atoms with E-state index in [1.807, 2.05) is 0 Å².